The van der Waals surface area contributed by atoms with Gasteiger partial charge in [0.2, 0.25) is 5.95 Å². The van der Waals surface area contributed by atoms with E-state index < -0.39 is 0 Å². The van der Waals surface area contributed by atoms with E-state index >= 15 is 0 Å². The molecular weight excluding hydrogens is 406 g/mol. The minimum atomic E-state index is -0.354. The molecule has 0 aliphatic rings. The van der Waals surface area contributed by atoms with Crippen LogP contribution >= 0.6 is 0 Å². The van der Waals surface area contributed by atoms with Crippen molar-refractivity contribution in [2.24, 2.45) is 0 Å². The number of aromatic nitrogens is 5. The van der Waals surface area contributed by atoms with Gasteiger partial charge in [0, 0.05) is 18.3 Å². The third-order valence-corrected chi connectivity index (χ3v) is 5.38. The van der Waals surface area contributed by atoms with Crippen molar-refractivity contribution >= 4 is 33.8 Å². The summed E-state index contributed by atoms with van der Waals surface area (Å²) in [6.07, 6.45) is 1.66. The Morgan fingerprint density at radius 1 is 1.09 bits per heavy atom. The Balaban J connectivity index is 1.72. The van der Waals surface area contributed by atoms with E-state index in [4.69, 9.17) is 4.98 Å². The summed E-state index contributed by atoms with van der Waals surface area (Å²) in [5.41, 5.74) is 7.88. The van der Waals surface area contributed by atoms with Crippen LogP contribution in [0.5, 0.6) is 0 Å². The zero-order chi connectivity index (χ0) is 23.0. The second-order valence-corrected chi connectivity index (χ2v) is 8.25. The van der Waals surface area contributed by atoms with Gasteiger partial charge in [0.1, 0.15) is 0 Å². The molecule has 0 saturated heterocycles. The number of nitrogens with one attached hydrogen (secondary N) is 2. The van der Waals surface area contributed by atoms with Crippen LogP contribution in [0.4, 0.5) is 5.95 Å². The summed E-state index contributed by atoms with van der Waals surface area (Å²) in [7, 11) is 0. The first-order valence-corrected chi connectivity index (χ1v) is 10.8. The Labute approximate surface area is 185 Å². The Kier molecular flexibility index (Phi) is 5.65. The van der Waals surface area contributed by atoms with Crippen LogP contribution in [-0.2, 0) is 6.54 Å². The largest absolute Gasteiger partial charge is 0.277 e. The van der Waals surface area contributed by atoms with Gasteiger partial charge in [0.25, 0.3) is 11.5 Å². The number of nitrogens with zero attached hydrogens (tertiary/aromatic N) is 5. The molecular formula is C23H27N7O2. The normalized spacial score (nSPS) is 11.6. The topological polar surface area (TPSA) is 107 Å². The molecule has 1 aromatic carbocycles. The Bertz CT molecular complexity index is 1370. The van der Waals surface area contributed by atoms with Crippen LogP contribution in [0.25, 0.3) is 21.9 Å². The minimum Gasteiger partial charge on any atom is -0.277 e. The lowest BCUT2D eigenvalue weighted by Crippen LogP contribution is -2.34. The third kappa shape index (κ3) is 3.70. The molecule has 0 atom stereocenters. The number of carbonyl (C=O) groups is 1. The maximum atomic E-state index is 13.2. The summed E-state index contributed by atoms with van der Waals surface area (Å²) in [5.74, 6) is 0.0614. The predicted octanol–water partition coefficient (Wildman–Crippen LogP) is 3.62. The first kappa shape index (κ1) is 21.5. The van der Waals surface area contributed by atoms with Crippen LogP contribution in [0.3, 0.4) is 0 Å². The highest BCUT2D eigenvalue weighted by atomic mass is 16.2. The van der Waals surface area contributed by atoms with Crippen LogP contribution in [0.2, 0.25) is 0 Å². The molecule has 4 aromatic rings. The van der Waals surface area contributed by atoms with Gasteiger partial charge in [0.15, 0.2) is 5.65 Å². The highest BCUT2D eigenvalue weighted by Crippen LogP contribution is 2.24. The number of pyridine rings is 1. The Morgan fingerprint density at radius 3 is 2.53 bits per heavy atom. The molecule has 9 heteroatoms. The number of benzene rings is 1. The van der Waals surface area contributed by atoms with E-state index in [1.807, 2.05) is 45.4 Å². The molecule has 32 heavy (non-hydrogen) atoms. The van der Waals surface area contributed by atoms with E-state index in [-0.39, 0.29) is 29.4 Å². The van der Waals surface area contributed by atoms with Gasteiger partial charge >= 0.3 is 0 Å². The summed E-state index contributed by atoms with van der Waals surface area (Å²) in [6, 6.07) is 9.03. The lowest BCUT2D eigenvalue weighted by Gasteiger charge is -2.15. The van der Waals surface area contributed by atoms with Crippen LogP contribution in [0.15, 0.2) is 41.3 Å². The molecule has 0 saturated carbocycles. The highest BCUT2D eigenvalue weighted by Gasteiger charge is 2.19. The van der Waals surface area contributed by atoms with Gasteiger partial charge in [-0.1, -0.05) is 26.0 Å². The second kappa shape index (κ2) is 8.41. The number of carbonyl (C=O) groups excluding carboxylic acids is 1. The summed E-state index contributed by atoms with van der Waals surface area (Å²) in [6.45, 7) is 10.4. The summed E-state index contributed by atoms with van der Waals surface area (Å²) in [4.78, 5) is 35.2. The molecule has 0 radical (unpaired) electrons. The van der Waals surface area contributed by atoms with E-state index in [2.05, 4.69) is 20.9 Å². The van der Waals surface area contributed by atoms with Crippen LogP contribution in [-0.4, -0.2) is 30.2 Å². The van der Waals surface area contributed by atoms with E-state index in [9.17, 15) is 9.59 Å². The first-order chi connectivity index (χ1) is 15.3. The van der Waals surface area contributed by atoms with E-state index in [0.717, 1.165) is 5.69 Å². The number of amides is 1. The monoisotopic (exact) mass is 433 g/mol. The SMILES string of the molecule is CCn1c(NNC(=O)c2cc(C(C)C)nc3c2cnn3C(C)C)nc2ccccc2c1=O. The average Bonchev–Trinajstić information content (AvgIpc) is 3.21. The van der Waals surface area contributed by atoms with Crippen LogP contribution < -0.4 is 16.4 Å². The smallest absolute Gasteiger partial charge is 0.270 e. The van der Waals surface area contributed by atoms with Crippen molar-refractivity contribution in [1.29, 1.82) is 0 Å². The number of hydrogen-bond donors (Lipinski definition) is 2. The maximum Gasteiger partial charge on any atom is 0.270 e. The lowest BCUT2D eigenvalue weighted by atomic mass is 10.1. The van der Waals surface area contributed by atoms with Crippen molar-refractivity contribution in [2.45, 2.75) is 53.1 Å². The number of hydrogen-bond acceptors (Lipinski definition) is 6. The van der Waals surface area contributed by atoms with Crippen molar-refractivity contribution in [3.8, 4) is 0 Å². The highest BCUT2D eigenvalue weighted by molar-refractivity contribution is 6.05. The number of fused-ring (bicyclic) bond motifs is 2. The third-order valence-electron chi connectivity index (χ3n) is 5.38. The van der Waals surface area contributed by atoms with Crippen molar-refractivity contribution in [3.05, 3.63) is 58.1 Å². The van der Waals surface area contributed by atoms with Gasteiger partial charge in [-0.05, 0) is 44.9 Å². The zero-order valence-electron chi connectivity index (χ0n) is 18.9. The van der Waals surface area contributed by atoms with Gasteiger partial charge in [-0.3, -0.25) is 25.0 Å². The quantitative estimate of drug-likeness (QED) is 0.450. The summed E-state index contributed by atoms with van der Waals surface area (Å²) < 4.78 is 3.30. The molecule has 0 bridgehead atoms. The van der Waals surface area contributed by atoms with E-state index in [1.165, 1.54) is 4.57 Å². The van der Waals surface area contributed by atoms with Gasteiger partial charge in [-0.2, -0.15) is 5.10 Å². The maximum absolute atomic E-state index is 13.2. The molecule has 4 rings (SSSR count). The van der Waals surface area contributed by atoms with Crippen molar-refractivity contribution in [3.63, 3.8) is 0 Å². The molecule has 0 fully saturated rings. The zero-order valence-corrected chi connectivity index (χ0v) is 18.9. The molecule has 0 aliphatic heterocycles. The Morgan fingerprint density at radius 2 is 1.84 bits per heavy atom. The molecule has 2 N–H and O–H groups in total. The predicted molar refractivity (Wildman–Crippen MR) is 125 cm³/mol. The standard InChI is InChI=1S/C23H27N7O2/c1-6-29-22(32)15-9-7-8-10-18(15)26-23(29)28-27-21(31)16-11-19(13(2)3)25-20-17(16)12-24-30(20)14(4)5/h7-14H,6H2,1-5H3,(H,26,28)(H,27,31). The van der Waals surface area contributed by atoms with Crippen LogP contribution in [0.1, 0.15) is 62.6 Å². The molecule has 0 unspecified atom stereocenters. The first-order valence-electron chi connectivity index (χ1n) is 10.8. The number of para-hydroxylation sites is 1. The fraction of sp³-hybridized carbons (Fsp3) is 0.348. The number of rotatable bonds is 6. The van der Waals surface area contributed by atoms with Gasteiger partial charge in [0.05, 0.1) is 28.0 Å². The summed E-state index contributed by atoms with van der Waals surface area (Å²) in [5, 5.41) is 5.63. The molecule has 1 amide bonds. The fourth-order valence-electron chi connectivity index (χ4n) is 3.64. The summed E-state index contributed by atoms with van der Waals surface area (Å²) >= 11 is 0. The Hall–Kier alpha value is -3.75. The van der Waals surface area contributed by atoms with Crippen molar-refractivity contribution in [1.82, 2.24) is 29.7 Å². The number of anilines is 1. The van der Waals surface area contributed by atoms with Gasteiger partial charge in [-0.15, -0.1) is 0 Å². The van der Waals surface area contributed by atoms with Crippen LogP contribution in [0, 0.1) is 0 Å². The molecule has 0 spiro atoms. The van der Waals surface area contributed by atoms with Gasteiger partial charge in [-0.25, -0.2) is 14.6 Å². The molecule has 166 valence electrons. The molecule has 3 aromatic heterocycles. The van der Waals surface area contributed by atoms with Crippen molar-refractivity contribution < 1.29 is 4.79 Å². The lowest BCUT2D eigenvalue weighted by molar-refractivity contribution is 0.0963. The second-order valence-electron chi connectivity index (χ2n) is 8.25. The van der Waals surface area contributed by atoms with E-state index in [1.54, 1.807) is 30.5 Å². The van der Waals surface area contributed by atoms with Crippen molar-refractivity contribution in [2.75, 3.05) is 5.43 Å². The van der Waals surface area contributed by atoms with E-state index in [0.29, 0.717) is 34.0 Å². The molecule has 3 heterocycles. The molecule has 9 nitrogen and oxygen atoms in total. The van der Waals surface area contributed by atoms with Gasteiger partial charge < -0.3 is 0 Å². The minimum absolute atomic E-state index is 0.109. The molecule has 0 aliphatic carbocycles. The number of hydrazine groups is 1. The average molecular weight is 434 g/mol. The fourth-order valence-corrected chi connectivity index (χ4v) is 3.64.